The number of hydrogen-bond acceptors (Lipinski definition) is 5. The third-order valence-corrected chi connectivity index (χ3v) is 4.78. The SMILES string of the molecule is O=C(Nc1ccccc1)Nc1nc2ccc(OC(=O)Nc3ccccc3)cc2s1. The summed E-state index contributed by atoms with van der Waals surface area (Å²) in [6.07, 6.45) is -0.583. The molecule has 1 heterocycles. The van der Waals surface area contributed by atoms with Crippen LogP contribution in [0, 0.1) is 0 Å². The molecule has 8 heteroatoms. The molecule has 3 amide bonds. The number of benzene rings is 3. The van der Waals surface area contributed by atoms with Gasteiger partial charge < -0.3 is 10.1 Å². The number of para-hydroxylation sites is 2. The predicted molar refractivity (Wildman–Crippen MR) is 115 cm³/mol. The fourth-order valence-corrected chi connectivity index (χ4v) is 3.46. The number of urea groups is 1. The first-order chi connectivity index (χ1) is 14.2. The number of amides is 3. The topological polar surface area (TPSA) is 92.3 Å². The van der Waals surface area contributed by atoms with Crippen LogP contribution in [-0.4, -0.2) is 17.1 Å². The number of thiazole rings is 1. The van der Waals surface area contributed by atoms with Gasteiger partial charge in [0.25, 0.3) is 0 Å². The Labute approximate surface area is 170 Å². The highest BCUT2D eigenvalue weighted by atomic mass is 32.1. The molecule has 1 aromatic heterocycles. The van der Waals surface area contributed by atoms with Crippen molar-refractivity contribution < 1.29 is 14.3 Å². The second-order valence-corrected chi connectivity index (χ2v) is 7.00. The van der Waals surface area contributed by atoms with Gasteiger partial charge in [0, 0.05) is 17.4 Å². The summed E-state index contributed by atoms with van der Waals surface area (Å²) in [6.45, 7) is 0. The van der Waals surface area contributed by atoms with Crippen LogP contribution in [0.3, 0.4) is 0 Å². The van der Waals surface area contributed by atoms with Crippen LogP contribution in [0.1, 0.15) is 0 Å². The molecule has 0 unspecified atom stereocenters. The lowest BCUT2D eigenvalue weighted by atomic mass is 10.3. The Hall–Kier alpha value is -3.91. The van der Waals surface area contributed by atoms with Crippen molar-refractivity contribution in [3.05, 3.63) is 78.9 Å². The van der Waals surface area contributed by atoms with Crippen molar-refractivity contribution in [3.63, 3.8) is 0 Å². The lowest BCUT2D eigenvalue weighted by Gasteiger charge is -2.06. The van der Waals surface area contributed by atoms with Crippen LogP contribution >= 0.6 is 11.3 Å². The third kappa shape index (κ3) is 4.88. The number of fused-ring (bicyclic) bond motifs is 1. The number of aromatic nitrogens is 1. The van der Waals surface area contributed by atoms with Crippen molar-refractivity contribution in [2.24, 2.45) is 0 Å². The van der Waals surface area contributed by atoms with Gasteiger partial charge in [-0.3, -0.25) is 10.6 Å². The molecule has 0 spiro atoms. The lowest BCUT2D eigenvalue weighted by Crippen LogP contribution is -2.19. The van der Waals surface area contributed by atoms with Gasteiger partial charge in [-0.2, -0.15) is 0 Å². The summed E-state index contributed by atoms with van der Waals surface area (Å²) in [5.41, 5.74) is 2.03. The number of nitrogens with one attached hydrogen (secondary N) is 3. The smallest absolute Gasteiger partial charge is 0.410 e. The molecule has 144 valence electrons. The molecule has 0 atom stereocenters. The van der Waals surface area contributed by atoms with Gasteiger partial charge in [-0.25, -0.2) is 14.6 Å². The largest absolute Gasteiger partial charge is 0.417 e. The normalized spacial score (nSPS) is 10.3. The van der Waals surface area contributed by atoms with E-state index in [0.717, 1.165) is 4.70 Å². The number of carbonyl (C=O) groups is 2. The van der Waals surface area contributed by atoms with Gasteiger partial charge in [-0.15, -0.1) is 0 Å². The van der Waals surface area contributed by atoms with E-state index in [0.29, 0.717) is 27.8 Å². The van der Waals surface area contributed by atoms with E-state index in [1.807, 2.05) is 36.4 Å². The second-order valence-electron chi connectivity index (χ2n) is 5.97. The van der Waals surface area contributed by atoms with Crippen LogP contribution in [0.2, 0.25) is 0 Å². The fourth-order valence-electron chi connectivity index (χ4n) is 2.57. The predicted octanol–water partition coefficient (Wildman–Crippen LogP) is 5.55. The van der Waals surface area contributed by atoms with E-state index in [9.17, 15) is 9.59 Å². The third-order valence-electron chi connectivity index (χ3n) is 3.84. The molecule has 0 saturated heterocycles. The molecule has 4 rings (SSSR count). The van der Waals surface area contributed by atoms with Crippen molar-refractivity contribution in [2.45, 2.75) is 0 Å². The monoisotopic (exact) mass is 404 g/mol. The van der Waals surface area contributed by atoms with E-state index in [1.54, 1.807) is 42.5 Å². The van der Waals surface area contributed by atoms with Gasteiger partial charge in [-0.05, 0) is 36.4 Å². The summed E-state index contributed by atoms with van der Waals surface area (Å²) in [5.74, 6) is 0.384. The van der Waals surface area contributed by atoms with Crippen LogP contribution in [0.4, 0.5) is 26.1 Å². The molecule has 3 aromatic carbocycles. The van der Waals surface area contributed by atoms with Crippen molar-refractivity contribution in [1.82, 2.24) is 4.98 Å². The standard InChI is InChI=1S/C21H16N4O3S/c26-19(22-14-7-3-1-4-8-14)25-20-24-17-12-11-16(13-18(17)29-20)28-21(27)23-15-9-5-2-6-10-15/h1-13H,(H,23,27)(H2,22,24,25,26). The summed E-state index contributed by atoms with van der Waals surface area (Å²) in [5, 5.41) is 8.54. The number of nitrogens with zero attached hydrogens (tertiary/aromatic N) is 1. The average Bonchev–Trinajstić information content (AvgIpc) is 3.10. The molecule has 0 saturated carbocycles. The average molecular weight is 404 g/mol. The quantitative estimate of drug-likeness (QED) is 0.416. The molecular weight excluding hydrogens is 388 g/mol. The number of carbonyl (C=O) groups excluding carboxylic acids is 2. The molecule has 0 radical (unpaired) electrons. The highest BCUT2D eigenvalue weighted by molar-refractivity contribution is 7.22. The summed E-state index contributed by atoms with van der Waals surface area (Å²) < 4.78 is 6.11. The molecule has 4 aromatic rings. The van der Waals surface area contributed by atoms with Crippen LogP contribution in [0.5, 0.6) is 5.75 Å². The van der Waals surface area contributed by atoms with E-state index < -0.39 is 6.09 Å². The molecule has 0 aliphatic rings. The van der Waals surface area contributed by atoms with Gasteiger partial charge in [0.05, 0.1) is 10.2 Å². The van der Waals surface area contributed by atoms with Gasteiger partial charge in [-0.1, -0.05) is 47.7 Å². The zero-order valence-corrected chi connectivity index (χ0v) is 15.9. The molecule has 0 aliphatic heterocycles. The Balaban J connectivity index is 1.40. The maximum atomic E-state index is 12.1. The first-order valence-corrected chi connectivity index (χ1v) is 9.55. The molecule has 29 heavy (non-hydrogen) atoms. The second kappa shape index (κ2) is 8.41. The summed E-state index contributed by atoms with van der Waals surface area (Å²) in [7, 11) is 0. The molecular formula is C21H16N4O3S. The Morgan fingerprint density at radius 3 is 2.14 bits per heavy atom. The number of ether oxygens (including phenoxy) is 1. The maximum absolute atomic E-state index is 12.1. The van der Waals surface area contributed by atoms with Crippen LogP contribution in [0.15, 0.2) is 78.9 Å². The first-order valence-electron chi connectivity index (χ1n) is 8.73. The van der Waals surface area contributed by atoms with Crippen LogP contribution in [-0.2, 0) is 0 Å². The lowest BCUT2D eigenvalue weighted by molar-refractivity contribution is 0.215. The van der Waals surface area contributed by atoms with Crippen molar-refractivity contribution in [3.8, 4) is 5.75 Å². The Kier molecular flexibility index (Phi) is 5.35. The van der Waals surface area contributed by atoms with E-state index in [1.165, 1.54) is 11.3 Å². The van der Waals surface area contributed by atoms with Gasteiger partial charge in [0.1, 0.15) is 5.75 Å². The van der Waals surface area contributed by atoms with Gasteiger partial charge in [0.2, 0.25) is 0 Å². The molecule has 0 bridgehead atoms. The van der Waals surface area contributed by atoms with E-state index >= 15 is 0 Å². The highest BCUT2D eigenvalue weighted by Crippen LogP contribution is 2.29. The first kappa shape index (κ1) is 18.5. The van der Waals surface area contributed by atoms with E-state index in [-0.39, 0.29) is 6.03 Å². The highest BCUT2D eigenvalue weighted by Gasteiger charge is 2.11. The minimum atomic E-state index is -0.583. The number of hydrogen-bond donors (Lipinski definition) is 3. The van der Waals surface area contributed by atoms with E-state index in [4.69, 9.17) is 4.74 Å². The van der Waals surface area contributed by atoms with Crippen molar-refractivity contribution in [1.29, 1.82) is 0 Å². The Morgan fingerprint density at radius 1 is 0.793 bits per heavy atom. The Bertz CT molecular complexity index is 1090. The maximum Gasteiger partial charge on any atom is 0.417 e. The van der Waals surface area contributed by atoms with E-state index in [2.05, 4.69) is 20.9 Å². The van der Waals surface area contributed by atoms with Crippen molar-refractivity contribution in [2.75, 3.05) is 16.0 Å². The zero-order chi connectivity index (χ0) is 20.1. The molecule has 7 nitrogen and oxygen atoms in total. The minimum absolute atomic E-state index is 0.381. The molecule has 3 N–H and O–H groups in total. The summed E-state index contributed by atoms with van der Waals surface area (Å²) >= 11 is 1.29. The zero-order valence-electron chi connectivity index (χ0n) is 15.1. The summed E-state index contributed by atoms with van der Waals surface area (Å²) in [6, 6.07) is 22.9. The molecule has 0 fully saturated rings. The molecule has 0 aliphatic carbocycles. The van der Waals surface area contributed by atoms with Crippen LogP contribution < -0.4 is 20.7 Å². The number of rotatable bonds is 4. The Morgan fingerprint density at radius 2 is 1.45 bits per heavy atom. The van der Waals surface area contributed by atoms with Gasteiger partial charge in [0.15, 0.2) is 5.13 Å². The number of anilines is 3. The van der Waals surface area contributed by atoms with Crippen molar-refractivity contribution >= 4 is 50.2 Å². The summed E-state index contributed by atoms with van der Waals surface area (Å²) in [4.78, 5) is 28.5. The minimum Gasteiger partial charge on any atom is -0.410 e. The van der Waals surface area contributed by atoms with Crippen LogP contribution in [0.25, 0.3) is 10.2 Å². The van der Waals surface area contributed by atoms with Gasteiger partial charge >= 0.3 is 12.1 Å². The fraction of sp³-hybridized carbons (Fsp3) is 0.